The molecule has 114 valence electrons. The molecular formula is C14H15FN6O. The molecule has 1 aromatic carbocycles. The van der Waals surface area contributed by atoms with Crippen LogP contribution in [0.1, 0.15) is 13.8 Å². The highest BCUT2D eigenvalue weighted by molar-refractivity contribution is 5.77. The molecule has 0 amide bonds. The van der Waals surface area contributed by atoms with E-state index in [2.05, 4.69) is 30.2 Å². The Labute approximate surface area is 126 Å². The van der Waals surface area contributed by atoms with Gasteiger partial charge in [0.1, 0.15) is 5.82 Å². The average Bonchev–Trinajstić information content (AvgIpc) is 2.98. The fourth-order valence-corrected chi connectivity index (χ4v) is 2.15. The number of hydrogen-bond acceptors (Lipinski definition) is 7. The fraction of sp³-hybridized carbons (Fsp3) is 0.286. The van der Waals surface area contributed by atoms with Crippen LogP contribution in [0.15, 0.2) is 28.9 Å². The van der Waals surface area contributed by atoms with Gasteiger partial charge in [-0.3, -0.25) is 0 Å². The van der Waals surface area contributed by atoms with Gasteiger partial charge in [0.25, 0.3) is 0 Å². The lowest BCUT2D eigenvalue weighted by Gasteiger charge is -2.22. The molecule has 2 aromatic heterocycles. The summed E-state index contributed by atoms with van der Waals surface area (Å²) in [6, 6.07) is 6.38. The SMILES string of the molecule is CCN(CC)c1nc2nonc2nc1Nc1ccccc1F. The summed E-state index contributed by atoms with van der Waals surface area (Å²) in [5, 5.41) is 10.4. The number of benzene rings is 1. The van der Waals surface area contributed by atoms with E-state index < -0.39 is 0 Å². The number of fused-ring (bicyclic) bond motifs is 1. The van der Waals surface area contributed by atoms with Crippen LogP contribution in [0.25, 0.3) is 11.3 Å². The van der Waals surface area contributed by atoms with E-state index in [0.717, 1.165) is 13.1 Å². The molecule has 22 heavy (non-hydrogen) atoms. The van der Waals surface area contributed by atoms with Crippen molar-refractivity contribution in [2.75, 3.05) is 23.3 Å². The molecule has 7 nitrogen and oxygen atoms in total. The summed E-state index contributed by atoms with van der Waals surface area (Å²) in [6.07, 6.45) is 0. The molecule has 0 saturated carbocycles. The maximum Gasteiger partial charge on any atom is 0.245 e. The summed E-state index contributed by atoms with van der Waals surface area (Å²) >= 11 is 0. The normalized spacial score (nSPS) is 10.9. The Morgan fingerprint density at radius 2 is 1.77 bits per heavy atom. The van der Waals surface area contributed by atoms with Gasteiger partial charge in [-0.25, -0.2) is 19.0 Å². The molecule has 3 aromatic rings. The maximum atomic E-state index is 13.9. The zero-order chi connectivity index (χ0) is 15.5. The van der Waals surface area contributed by atoms with E-state index in [0.29, 0.717) is 23.0 Å². The minimum Gasteiger partial charge on any atom is -0.354 e. The van der Waals surface area contributed by atoms with Crippen LogP contribution in [0, 0.1) is 5.82 Å². The van der Waals surface area contributed by atoms with Crippen LogP contribution in [0.4, 0.5) is 21.7 Å². The first-order chi connectivity index (χ1) is 10.7. The van der Waals surface area contributed by atoms with Gasteiger partial charge in [-0.1, -0.05) is 12.1 Å². The Balaban J connectivity index is 2.09. The molecule has 0 aliphatic carbocycles. The third-order valence-electron chi connectivity index (χ3n) is 3.29. The summed E-state index contributed by atoms with van der Waals surface area (Å²) in [4.78, 5) is 10.7. The van der Waals surface area contributed by atoms with Crippen molar-refractivity contribution in [3.05, 3.63) is 30.1 Å². The summed E-state index contributed by atoms with van der Waals surface area (Å²) in [6.45, 7) is 5.47. The third-order valence-corrected chi connectivity index (χ3v) is 3.29. The van der Waals surface area contributed by atoms with Crippen molar-refractivity contribution in [3.8, 4) is 0 Å². The number of nitrogens with one attached hydrogen (secondary N) is 1. The molecule has 0 spiro atoms. The van der Waals surface area contributed by atoms with Crippen molar-refractivity contribution in [2.24, 2.45) is 0 Å². The van der Waals surface area contributed by atoms with Gasteiger partial charge in [-0.2, -0.15) is 0 Å². The highest BCUT2D eigenvalue weighted by Crippen LogP contribution is 2.27. The summed E-state index contributed by atoms with van der Waals surface area (Å²) < 4.78 is 18.5. The van der Waals surface area contributed by atoms with E-state index in [1.54, 1.807) is 18.2 Å². The van der Waals surface area contributed by atoms with Gasteiger partial charge in [0, 0.05) is 13.1 Å². The topological polar surface area (TPSA) is 80.0 Å². The van der Waals surface area contributed by atoms with Crippen LogP contribution >= 0.6 is 0 Å². The number of anilines is 3. The molecule has 0 bridgehead atoms. The Hall–Kier alpha value is -2.77. The van der Waals surface area contributed by atoms with Crippen molar-refractivity contribution >= 4 is 28.6 Å². The molecule has 0 atom stereocenters. The fourth-order valence-electron chi connectivity index (χ4n) is 2.15. The molecule has 1 N–H and O–H groups in total. The first kappa shape index (κ1) is 14.2. The van der Waals surface area contributed by atoms with E-state index in [1.807, 2.05) is 18.7 Å². The standard InChI is InChI=1S/C14H15FN6O/c1-3-21(4-2)14-13(16-10-8-6-5-7-9(10)15)17-11-12(18-14)20-22-19-11/h5-8H,3-4H2,1-2H3,(H,16,17,19). The lowest BCUT2D eigenvalue weighted by Crippen LogP contribution is -2.24. The third kappa shape index (κ3) is 2.54. The second kappa shape index (κ2) is 5.92. The molecule has 0 fully saturated rings. The molecule has 0 aliphatic rings. The second-order valence-corrected chi connectivity index (χ2v) is 4.58. The highest BCUT2D eigenvalue weighted by Gasteiger charge is 2.17. The average molecular weight is 302 g/mol. The van der Waals surface area contributed by atoms with Gasteiger partial charge >= 0.3 is 0 Å². The Morgan fingerprint density at radius 1 is 1.09 bits per heavy atom. The summed E-state index contributed by atoms with van der Waals surface area (Å²) in [7, 11) is 0. The van der Waals surface area contributed by atoms with Crippen molar-refractivity contribution < 1.29 is 9.02 Å². The Bertz CT molecular complexity index is 786. The lowest BCUT2D eigenvalue weighted by molar-refractivity contribution is 0.314. The van der Waals surface area contributed by atoms with E-state index in [1.165, 1.54) is 6.07 Å². The first-order valence-electron chi connectivity index (χ1n) is 6.99. The number of nitrogens with zero attached hydrogens (tertiary/aromatic N) is 5. The lowest BCUT2D eigenvalue weighted by atomic mass is 10.3. The minimum atomic E-state index is -0.367. The molecule has 8 heteroatoms. The number of hydrogen-bond donors (Lipinski definition) is 1. The minimum absolute atomic E-state index is 0.273. The number of para-hydroxylation sites is 1. The number of halogens is 1. The van der Waals surface area contributed by atoms with Crippen molar-refractivity contribution in [1.82, 2.24) is 20.3 Å². The van der Waals surface area contributed by atoms with Gasteiger partial charge in [0.05, 0.1) is 5.69 Å². The van der Waals surface area contributed by atoms with Crippen LogP contribution in [0.2, 0.25) is 0 Å². The van der Waals surface area contributed by atoms with Gasteiger partial charge in [-0.05, 0) is 36.3 Å². The van der Waals surface area contributed by atoms with E-state index in [9.17, 15) is 4.39 Å². The summed E-state index contributed by atoms with van der Waals surface area (Å²) in [5.41, 5.74) is 0.914. The smallest absolute Gasteiger partial charge is 0.245 e. The molecular weight excluding hydrogens is 287 g/mol. The van der Waals surface area contributed by atoms with Gasteiger partial charge < -0.3 is 10.2 Å². The van der Waals surface area contributed by atoms with E-state index in [-0.39, 0.29) is 11.5 Å². The molecule has 0 radical (unpaired) electrons. The predicted octanol–water partition coefficient (Wildman–Crippen LogP) is 2.74. The molecule has 2 heterocycles. The van der Waals surface area contributed by atoms with Crippen molar-refractivity contribution in [1.29, 1.82) is 0 Å². The van der Waals surface area contributed by atoms with E-state index in [4.69, 9.17) is 0 Å². The van der Waals surface area contributed by atoms with Crippen LogP contribution in [0.5, 0.6) is 0 Å². The molecule has 0 saturated heterocycles. The second-order valence-electron chi connectivity index (χ2n) is 4.58. The zero-order valence-electron chi connectivity index (χ0n) is 12.2. The maximum absolute atomic E-state index is 13.9. The van der Waals surface area contributed by atoms with E-state index >= 15 is 0 Å². The van der Waals surface area contributed by atoms with Crippen LogP contribution in [-0.2, 0) is 0 Å². The monoisotopic (exact) mass is 302 g/mol. The van der Waals surface area contributed by atoms with Crippen molar-refractivity contribution in [2.45, 2.75) is 13.8 Å². The largest absolute Gasteiger partial charge is 0.354 e. The Kier molecular flexibility index (Phi) is 3.82. The predicted molar refractivity (Wildman–Crippen MR) is 80.6 cm³/mol. The molecule has 0 aliphatic heterocycles. The molecule has 3 rings (SSSR count). The van der Waals surface area contributed by atoms with Gasteiger partial charge in [0.2, 0.25) is 11.3 Å². The van der Waals surface area contributed by atoms with Crippen molar-refractivity contribution in [3.63, 3.8) is 0 Å². The highest BCUT2D eigenvalue weighted by atomic mass is 19.1. The number of aromatic nitrogens is 4. The zero-order valence-corrected chi connectivity index (χ0v) is 12.2. The van der Waals surface area contributed by atoms with Crippen LogP contribution in [-0.4, -0.2) is 33.4 Å². The first-order valence-corrected chi connectivity index (χ1v) is 6.99. The summed E-state index contributed by atoms with van der Waals surface area (Å²) in [5.74, 6) is 0.627. The molecule has 0 unspecified atom stereocenters. The van der Waals surface area contributed by atoms with Crippen LogP contribution in [0.3, 0.4) is 0 Å². The van der Waals surface area contributed by atoms with Gasteiger partial charge in [0.15, 0.2) is 11.6 Å². The number of rotatable bonds is 5. The van der Waals surface area contributed by atoms with Gasteiger partial charge in [-0.15, -0.1) is 0 Å². The van der Waals surface area contributed by atoms with Crippen LogP contribution < -0.4 is 10.2 Å². The quantitative estimate of drug-likeness (QED) is 0.776. The Morgan fingerprint density at radius 3 is 2.45 bits per heavy atom.